The van der Waals surface area contributed by atoms with Crippen LogP contribution in [0, 0.1) is 6.92 Å². The normalized spacial score (nSPS) is 23.4. The van der Waals surface area contributed by atoms with Gasteiger partial charge in [-0.05, 0) is 49.9 Å². The average molecular weight is 460 g/mol. The van der Waals surface area contributed by atoms with E-state index >= 15 is 0 Å². The largest absolute Gasteiger partial charge is 0.406 e. The molecule has 1 unspecified atom stereocenters. The summed E-state index contributed by atoms with van der Waals surface area (Å²) in [6, 6.07) is 16.9. The van der Waals surface area contributed by atoms with E-state index in [0.717, 1.165) is 75.2 Å². The molecule has 0 saturated carbocycles. The van der Waals surface area contributed by atoms with Crippen molar-refractivity contribution in [2.24, 2.45) is 0 Å². The highest BCUT2D eigenvalue weighted by molar-refractivity contribution is 5.98. The van der Waals surface area contributed by atoms with Gasteiger partial charge in [-0.2, -0.15) is 0 Å². The van der Waals surface area contributed by atoms with Gasteiger partial charge in [0.05, 0.1) is 0 Å². The highest BCUT2D eigenvalue weighted by Gasteiger charge is 2.33. The number of piperazine rings is 1. The molecular formula is C27H33N5O2. The van der Waals surface area contributed by atoms with Gasteiger partial charge in [0.25, 0.3) is 5.91 Å². The Morgan fingerprint density at radius 3 is 2.79 bits per heavy atom. The minimum absolute atomic E-state index is 0.140. The zero-order valence-corrected chi connectivity index (χ0v) is 19.8. The quantitative estimate of drug-likeness (QED) is 0.609. The first-order valence-electron chi connectivity index (χ1n) is 12.5. The fourth-order valence-electron chi connectivity index (χ4n) is 5.74. The summed E-state index contributed by atoms with van der Waals surface area (Å²) >= 11 is 0. The number of rotatable bonds is 5. The summed E-state index contributed by atoms with van der Waals surface area (Å²) < 4.78 is 0. The van der Waals surface area contributed by atoms with Crippen LogP contribution in [0.15, 0.2) is 48.5 Å². The molecule has 0 aliphatic carbocycles. The molecule has 1 aromatic heterocycles. The van der Waals surface area contributed by atoms with Crippen LogP contribution in [0.1, 0.15) is 47.0 Å². The van der Waals surface area contributed by atoms with E-state index < -0.39 is 0 Å². The number of carbonyl (C=O) groups excluding carboxylic acids is 1. The van der Waals surface area contributed by atoms with E-state index in [9.17, 15) is 4.79 Å². The number of nitrogens with one attached hydrogen (secondary N) is 2. The summed E-state index contributed by atoms with van der Waals surface area (Å²) in [4.78, 5) is 29.4. The van der Waals surface area contributed by atoms with Crippen molar-refractivity contribution in [1.82, 2.24) is 25.2 Å². The molecular weight excluding hydrogens is 426 g/mol. The van der Waals surface area contributed by atoms with Crippen molar-refractivity contribution in [2.45, 2.75) is 38.4 Å². The maximum absolute atomic E-state index is 13.3. The van der Waals surface area contributed by atoms with Crippen molar-refractivity contribution in [3.05, 3.63) is 65.4 Å². The number of nitrogens with zero attached hydrogens (tertiary/aromatic N) is 3. The second-order valence-corrected chi connectivity index (χ2v) is 9.89. The SMILES string of the molecule is Cc1ccc2cc(C(=O)N3CCC[C@H]3CCN3CCN(C4NOc5ccccc54)CC3)[nH]c2c1. The Morgan fingerprint density at radius 1 is 1.06 bits per heavy atom. The zero-order valence-electron chi connectivity index (χ0n) is 19.8. The molecule has 0 bridgehead atoms. The predicted octanol–water partition coefficient (Wildman–Crippen LogP) is 3.68. The number of fused-ring (bicyclic) bond motifs is 2. The molecule has 0 spiro atoms. The van der Waals surface area contributed by atoms with E-state index in [1.165, 1.54) is 11.1 Å². The lowest BCUT2D eigenvalue weighted by Gasteiger charge is -2.38. The van der Waals surface area contributed by atoms with Crippen LogP contribution < -0.4 is 10.3 Å². The molecule has 7 heteroatoms. The molecule has 2 fully saturated rings. The summed E-state index contributed by atoms with van der Waals surface area (Å²) in [5, 5.41) is 1.10. The maximum Gasteiger partial charge on any atom is 0.270 e. The number of amides is 1. The van der Waals surface area contributed by atoms with Crippen LogP contribution in [0.4, 0.5) is 0 Å². The number of hydrogen-bond donors (Lipinski definition) is 2. The van der Waals surface area contributed by atoms with E-state index in [0.29, 0.717) is 11.7 Å². The number of para-hydroxylation sites is 1. The molecule has 34 heavy (non-hydrogen) atoms. The van der Waals surface area contributed by atoms with Gasteiger partial charge in [-0.1, -0.05) is 30.3 Å². The Morgan fingerprint density at radius 2 is 1.91 bits per heavy atom. The van der Waals surface area contributed by atoms with Gasteiger partial charge in [0.2, 0.25) is 0 Å². The third kappa shape index (κ3) is 4.08. The van der Waals surface area contributed by atoms with E-state index in [4.69, 9.17) is 4.84 Å². The molecule has 6 rings (SSSR count). The van der Waals surface area contributed by atoms with Crippen LogP contribution in [0.5, 0.6) is 5.75 Å². The third-order valence-electron chi connectivity index (χ3n) is 7.69. The first-order valence-corrected chi connectivity index (χ1v) is 12.5. The molecule has 2 N–H and O–H groups in total. The Balaban J connectivity index is 1.03. The molecule has 178 valence electrons. The lowest BCUT2D eigenvalue weighted by molar-refractivity contribution is 0.0380. The van der Waals surface area contributed by atoms with Crippen molar-refractivity contribution in [3.63, 3.8) is 0 Å². The first kappa shape index (κ1) is 21.6. The lowest BCUT2D eigenvalue weighted by atomic mass is 10.1. The third-order valence-corrected chi connectivity index (χ3v) is 7.69. The summed E-state index contributed by atoms with van der Waals surface area (Å²) in [6.07, 6.45) is 3.38. The Kier molecular flexibility index (Phi) is 5.77. The van der Waals surface area contributed by atoms with Gasteiger partial charge in [0.15, 0.2) is 5.75 Å². The summed E-state index contributed by atoms with van der Waals surface area (Å²) in [7, 11) is 0. The Labute approximate surface area is 200 Å². The standard InChI is InChI=1S/C27H33N5O2/c1-19-8-9-20-18-24(28-23(20)17-19)27(33)32-11-4-5-21(32)10-12-30-13-15-31(16-14-30)26-22-6-2-3-7-25(22)34-29-26/h2-3,6-9,17-18,21,26,28-29H,4-5,10-16H2,1H3/t21-,26?/m0/s1. The molecule has 7 nitrogen and oxygen atoms in total. The molecule has 3 aromatic rings. The van der Waals surface area contributed by atoms with Crippen molar-refractivity contribution in [2.75, 3.05) is 39.3 Å². The zero-order chi connectivity index (χ0) is 23.1. The fraction of sp³-hybridized carbons (Fsp3) is 0.444. The fourth-order valence-corrected chi connectivity index (χ4v) is 5.74. The van der Waals surface area contributed by atoms with Crippen LogP contribution >= 0.6 is 0 Å². The van der Waals surface area contributed by atoms with Crippen LogP contribution in [0.2, 0.25) is 0 Å². The number of likely N-dealkylation sites (tertiary alicyclic amines) is 1. The number of hydrogen-bond acceptors (Lipinski definition) is 5. The molecule has 4 heterocycles. The molecule has 3 aliphatic rings. The highest BCUT2D eigenvalue weighted by atomic mass is 16.7. The van der Waals surface area contributed by atoms with Crippen molar-refractivity contribution in [1.29, 1.82) is 0 Å². The number of aromatic nitrogens is 1. The molecule has 1 amide bonds. The van der Waals surface area contributed by atoms with Gasteiger partial charge in [0, 0.05) is 61.8 Å². The minimum Gasteiger partial charge on any atom is -0.406 e. The van der Waals surface area contributed by atoms with Crippen molar-refractivity contribution >= 4 is 16.8 Å². The molecule has 3 aliphatic heterocycles. The van der Waals surface area contributed by atoms with Gasteiger partial charge >= 0.3 is 0 Å². The van der Waals surface area contributed by atoms with Gasteiger partial charge < -0.3 is 19.6 Å². The number of carbonyl (C=O) groups is 1. The number of hydroxylamine groups is 1. The van der Waals surface area contributed by atoms with E-state index in [1.807, 2.05) is 18.2 Å². The second-order valence-electron chi connectivity index (χ2n) is 9.89. The van der Waals surface area contributed by atoms with Crippen LogP contribution in [0.25, 0.3) is 10.9 Å². The first-order chi connectivity index (χ1) is 16.7. The summed E-state index contributed by atoms with van der Waals surface area (Å²) in [5.74, 6) is 1.08. The smallest absolute Gasteiger partial charge is 0.270 e. The van der Waals surface area contributed by atoms with Gasteiger partial charge in [-0.25, -0.2) is 0 Å². The number of H-pyrrole nitrogens is 1. The van der Waals surface area contributed by atoms with Gasteiger partial charge in [-0.3, -0.25) is 9.69 Å². The Hall–Kier alpha value is -2.87. The lowest BCUT2D eigenvalue weighted by Crippen LogP contribution is -2.50. The van der Waals surface area contributed by atoms with Crippen LogP contribution in [-0.2, 0) is 0 Å². The van der Waals surface area contributed by atoms with Crippen LogP contribution in [0.3, 0.4) is 0 Å². The predicted molar refractivity (Wildman–Crippen MR) is 133 cm³/mol. The summed E-state index contributed by atoms with van der Waals surface area (Å²) in [6.45, 7) is 8.09. The molecule has 2 aromatic carbocycles. The van der Waals surface area contributed by atoms with Gasteiger partial charge in [-0.15, -0.1) is 5.48 Å². The van der Waals surface area contributed by atoms with Crippen molar-refractivity contribution in [3.8, 4) is 5.75 Å². The van der Waals surface area contributed by atoms with Crippen molar-refractivity contribution < 1.29 is 9.63 Å². The minimum atomic E-state index is 0.140. The maximum atomic E-state index is 13.3. The highest BCUT2D eigenvalue weighted by Crippen LogP contribution is 2.33. The van der Waals surface area contributed by atoms with E-state index in [-0.39, 0.29) is 12.1 Å². The van der Waals surface area contributed by atoms with Gasteiger partial charge in [0.1, 0.15) is 11.9 Å². The average Bonchev–Trinajstić information content (AvgIpc) is 3.60. The summed E-state index contributed by atoms with van der Waals surface area (Å²) in [5.41, 5.74) is 7.38. The Bertz CT molecular complexity index is 1180. The number of aryl methyl sites for hydroxylation is 1. The second kappa shape index (κ2) is 9.06. The number of benzene rings is 2. The monoisotopic (exact) mass is 459 g/mol. The van der Waals surface area contributed by atoms with E-state index in [2.05, 4.69) is 62.4 Å². The van der Waals surface area contributed by atoms with E-state index in [1.54, 1.807) is 0 Å². The molecule has 2 saturated heterocycles. The topological polar surface area (TPSA) is 63.8 Å². The van der Waals surface area contributed by atoms with Crippen LogP contribution in [-0.4, -0.2) is 70.9 Å². The number of aromatic amines is 1. The molecule has 0 radical (unpaired) electrons. The molecule has 2 atom stereocenters.